The Hall–Kier alpha value is -0.420. The lowest BCUT2D eigenvalue weighted by molar-refractivity contribution is 0.249. The van der Waals surface area contributed by atoms with E-state index in [0.717, 1.165) is 6.54 Å². The van der Waals surface area contributed by atoms with E-state index in [1.54, 1.807) is 0 Å². The zero-order chi connectivity index (χ0) is 9.52. The van der Waals surface area contributed by atoms with E-state index in [-0.39, 0.29) is 0 Å². The monoisotopic (exact) mass is 203 g/mol. The Kier molecular flexibility index (Phi) is 5.00. The lowest BCUT2D eigenvalue weighted by atomic mass is 10.2. The number of nitrogens with two attached hydrogens (primary N) is 1. The molecule has 1 unspecified atom stereocenters. The molecular formula is C8H17N3OS. The summed E-state index contributed by atoms with van der Waals surface area (Å²) in [4.78, 5) is 10.3. The SMILES string of the molecule is NC(=O)NCCNC1CCCSC1. The molecule has 0 aliphatic carbocycles. The molecule has 1 heterocycles. The molecule has 1 atom stereocenters. The molecule has 4 nitrogen and oxygen atoms in total. The van der Waals surface area contributed by atoms with Crippen molar-refractivity contribution in [2.24, 2.45) is 5.73 Å². The van der Waals surface area contributed by atoms with Gasteiger partial charge in [-0.05, 0) is 18.6 Å². The second-order valence-electron chi connectivity index (χ2n) is 3.16. The van der Waals surface area contributed by atoms with E-state index in [0.29, 0.717) is 12.6 Å². The zero-order valence-corrected chi connectivity index (χ0v) is 8.53. The second kappa shape index (κ2) is 6.10. The first-order valence-corrected chi connectivity index (χ1v) is 5.79. The highest BCUT2D eigenvalue weighted by Crippen LogP contribution is 2.16. The van der Waals surface area contributed by atoms with Crippen molar-refractivity contribution in [1.82, 2.24) is 10.6 Å². The zero-order valence-electron chi connectivity index (χ0n) is 7.71. The summed E-state index contributed by atoms with van der Waals surface area (Å²) in [6.07, 6.45) is 2.55. The van der Waals surface area contributed by atoms with E-state index in [2.05, 4.69) is 10.6 Å². The summed E-state index contributed by atoms with van der Waals surface area (Å²) in [5.74, 6) is 2.48. The Labute approximate surface area is 83.0 Å². The summed E-state index contributed by atoms with van der Waals surface area (Å²) >= 11 is 1.99. The minimum atomic E-state index is -0.445. The maximum Gasteiger partial charge on any atom is 0.312 e. The van der Waals surface area contributed by atoms with Gasteiger partial charge >= 0.3 is 6.03 Å². The van der Waals surface area contributed by atoms with Gasteiger partial charge in [0.15, 0.2) is 0 Å². The summed E-state index contributed by atoms with van der Waals surface area (Å²) in [6.45, 7) is 1.44. The van der Waals surface area contributed by atoms with Crippen LogP contribution in [0.5, 0.6) is 0 Å². The van der Waals surface area contributed by atoms with Crippen LogP contribution in [0.25, 0.3) is 0 Å². The van der Waals surface area contributed by atoms with Gasteiger partial charge in [0.2, 0.25) is 0 Å². The van der Waals surface area contributed by atoms with Crippen LogP contribution in [-0.2, 0) is 0 Å². The molecule has 1 saturated heterocycles. The first-order valence-electron chi connectivity index (χ1n) is 4.63. The molecule has 0 aromatic carbocycles. The maximum atomic E-state index is 10.3. The average Bonchev–Trinajstić information content (AvgIpc) is 2.14. The van der Waals surface area contributed by atoms with Crippen LogP contribution >= 0.6 is 11.8 Å². The number of hydrogen-bond donors (Lipinski definition) is 3. The highest BCUT2D eigenvalue weighted by molar-refractivity contribution is 7.99. The van der Waals surface area contributed by atoms with Crippen molar-refractivity contribution in [2.75, 3.05) is 24.6 Å². The Morgan fingerprint density at radius 1 is 1.54 bits per heavy atom. The van der Waals surface area contributed by atoms with Crippen LogP contribution in [0.1, 0.15) is 12.8 Å². The normalized spacial score (nSPS) is 22.6. The van der Waals surface area contributed by atoms with Gasteiger partial charge in [-0.1, -0.05) is 0 Å². The number of urea groups is 1. The lowest BCUT2D eigenvalue weighted by Crippen LogP contribution is -2.40. The van der Waals surface area contributed by atoms with E-state index in [1.807, 2.05) is 11.8 Å². The predicted octanol–water partition coefficient (Wildman–Crippen LogP) is 0.140. The van der Waals surface area contributed by atoms with Gasteiger partial charge in [-0.2, -0.15) is 11.8 Å². The van der Waals surface area contributed by atoms with Gasteiger partial charge in [-0.3, -0.25) is 0 Å². The highest BCUT2D eigenvalue weighted by atomic mass is 32.2. The molecule has 0 spiro atoms. The Morgan fingerprint density at radius 2 is 2.38 bits per heavy atom. The molecule has 4 N–H and O–H groups in total. The minimum absolute atomic E-state index is 0.445. The summed E-state index contributed by atoms with van der Waals surface area (Å²) in [7, 11) is 0. The first-order chi connectivity index (χ1) is 6.29. The van der Waals surface area contributed by atoms with E-state index in [9.17, 15) is 4.79 Å². The number of carbonyl (C=O) groups excluding carboxylic acids is 1. The fourth-order valence-corrected chi connectivity index (χ4v) is 2.47. The molecule has 1 aliphatic heterocycles. The molecule has 0 bridgehead atoms. The molecule has 1 aliphatic rings. The first kappa shape index (κ1) is 10.7. The largest absolute Gasteiger partial charge is 0.352 e. The number of thioether (sulfide) groups is 1. The maximum absolute atomic E-state index is 10.3. The van der Waals surface area contributed by atoms with Crippen molar-refractivity contribution in [3.05, 3.63) is 0 Å². The van der Waals surface area contributed by atoms with Gasteiger partial charge in [0.25, 0.3) is 0 Å². The van der Waals surface area contributed by atoms with Crippen molar-refractivity contribution < 1.29 is 4.79 Å². The fourth-order valence-electron chi connectivity index (χ4n) is 1.36. The molecule has 0 aromatic rings. The smallest absolute Gasteiger partial charge is 0.312 e. The summed E-state index contributed by atoms with van der Waals surface area (Å²) in [5.41, 5.74) is 4.93. The standard InChI is InChI=1S/C8H17N3OS/c9-8(12)11-4-3-10-7-2-1-5-13-6-7/h7,10H,1-6H2,(H3,9,11,12). The highest BCUT2D eigenvalue weighted by Gasteiger charge is 2.11. The molecular weight excluding hydrogens is 186 g/mol. The Morgan fingerprint density at radius 3 is 3.00 bits per heavy atom. The molecule has 1 rings (SSSR count). The number of rotatable bonds is 4. The summed E-state index contributed by atoms with van der Waals surface area (Å²) in [6, 6.07) is 0.174. The van der Waals surface area contributed by atoms with E-state index in [4.69, 9.17) is 5.73 Å². The van der Waals surface area contributed by atoms with Crippen LogP contribution < -0.4 is 16.4 Å². The van der Waals surface area contributed by atoms with Crippen molar-refractivity contribution in [1.29, 1.82) is 0 Å². The molecule has 2 amide bonds. The van der Waals surface area contributed by atoms with Crippen LogP contribution in [0.2, 0.25) is 0 Å². The van der Waals surface area contributed by atoms with Crippen molar-refractivity contribution in [3.63, 3.8) is 0 Å². The van der Waals surface area contributed by atoms with Crippen LogP contribution in [0.15, 0.2) is 0 Å². The average molecular weight is 203 g/mol. The number of primary amides is 1. The number of amides is 2. The van der Waals surface area contributed by atoms with E-state index >= 15 is 0 Å². The third kappa shape index (κ3) is 5.00. The number of nitrogens with one attached hydrogen (secondary N) is 2. The predicted molar refractivity (Wildman–Crippen MR) is 55.9 cm³/mol. The molecule has 0 saturated carbocycles. The van der Waals surface area contributed by atoms with Crippen LogP contribution in [0, 0.1) is 0 Å². The molecule has 5 heteroatoms. The van der Waals surface area contributed by atoms with Gasteiger partial charge in [0.05, 0.1) is 0 Å². The van der Waals surface area contributed by atoms with Gasteiger partial charge in [0.1, 0.15) is 0 Å². The van der Waals surface area contributed by atoms with E-state index in [1.165, 1.54) is 24.3 Å². The van der Waals surface area contributed by atoms with Crippen LogP contribution in [0.4, 0.5) is 4.79 Å². The van der Waals surface area contributed by atoms with Gasteiger partial charge in [0, 0.05) is 24.9 Å². The molecule has 13 heavy (non-hydrogen) atoms. The topological polar surface area (TPSA) is 67.2 Å². The minimum Gasteiger partial charge on any atom is -0.352 e. The quantitative estimate of drug-likeness (QED) is 0.569. The van der Waals surface area contributed by atoms with Crippen molar-refractivity contribution in [2.45, 2.75) is 18.9 Å². The molecule has 76 valence electrons. The number of carbonyl (C=O) groups is 1. The van der Waals surface area contributed by atoms with Crippen LogP contribution in [0.3, 0.4) is 0 Å². The van der Waals surface area contributed by atoms with Crippen LogP contribution in [-0.4, -0.2) is 36.7 Å². The van der Waals surface area contributed by atoms with Crippen molar-refractivity contribution in [3.8, 4) is 0 Å². The fraction of sp³-hybridized carbons (Fsp3) is 0.875. The number of hydrogen-bond acceptors (Lipinski definition) is 3. The Bertz CT molecular complexity index is 159. The van der Waals surface area contributed by atoms with Gasteiger partial charge in [-0.25, -0.2) is 4.79 Å². The lowest BCUT2D eigenvalue weighted by Gasteiger charge is -2.22. The molecule has 0 aromatic heterocycles. The molecule has 0 radical (unpaired) electrons. The van der Waals surface area contributed by atoms with Gasteiger partial charge in [-0.15, -0.1) is 0 Å². The van der Waals surface area contributed by atoms with Gasteiger partial charge < -0.3 is 16.4 Å². The second-order valence-corrected chi connectivity index (χ2v) is 4.31. The Balaban J connectivity index is 1.95. The summed E-state index contributed by atoms with van der Waals surface area (Å²) < 4.78 is 0. The third-order valence-electron chi connectivity index (χ3n) is 2.02. The van der Waals surface area contributed by atoms with Crippen molar-refractivity contribution >= 4 is 17.8 Å². The molecule has 1 fully saturated rings. The third-order valence-corrected chi connectivity index (χ3v) is 3.23. The summed E-state index contributed by atoms with van der Waals surface area (Å²) in [5, 5.41) is 5.94. The van der Waals surface area contributed by atoms with E-state index < -0.39 is 6.03 Å².